The van der Waals surface area contributed by atoms with Crippen LogP contribution >= 0.6 is 0 Å². The summed E-state index contributed by atoms with van der Waals surface area (Å²) in [5, 5.41) is 0. The summed E-state index contributed by atoms with van der Waals surface area (Å²) >= 11 is 0. The van der Waals surface area contributed by atoms with Crippen molar-refractivity contribution in [3.8, 4) is 0 Å². The van der Waals surface area contributed by atoms with Gasteiger partial charge in [-0.2, -0.15) is 0 Å². The second kappa shape index (κ2) is 6.09. The summed E-state index contributed by atoms with van der Waals surface area (Å²) in [5.41, 5.74) is 3.07. The van der Waals surface area contributed by atoms with Gasteiger partial charge in [0.1, 0.15) is 0 Å². The maximum atomic E-state index is 2.70. The van der Waals surface area contributed by atoms with Crippen molar-refractivity contribution in [1.82, 2.24) is 4.90 Å². The average molecular weight is 281 g/mol. The molecule has 1 nitrogen and oxygen atoms in total. The van der Waals surface area contributed by atoms with Gasteiger partial charge in [0, 0.05) is 5.70 Å². The lowest BCUT2D eigenvalue weighted by Crippen LogP contribution is -2.50. The molecular weight excluding hydrogens is 254 g/mol. The summed E-state index contributed by atoms with van der Waals surface area (Å²) in [5.74, 6) is 0. The zero-order valence-electron chi connectivity index (χ0n) is 13.4. The van der Waals surface area contributed by atoms with Crippen LogP contribution in [0.3, 0.4) is 0 Å². The van der Waals surface area contributed by atoms with E-state index < -0.39 is 0 Å². The van der Waals surface area contributed by atoms with Crippen molar-refractivity contribution in [1.29, 1.82) is 0 Å². The molecule has 1 heteroatoms. The van der Waals surface area contributed by atoms with E-state index in [0.717, 1.165) is 12.8 Å². The van der Waals surface area contributed by atoms with Crippen molar-refractivity contribution < 1.29 is 0 Å². The molecule has 0 bridgehead atoms. The van der Waals surface area contributed by atoms with Crippen molar-refractivity contribution in [3.05, 3.63) is 59.9 Å². The predicted molar refractivity (Wildman–Crippen MR) is 91.0 cm³/mol. The quantitative estimate of drug-likeness (QED) is 0.679. The molecule has 2 atom stereocenters. The molecule has 0 radical (unpaired) electrons. The molecule has 3 aliphatic rings. The largest absolute Gasteiger partial charge is 0.359 e. The van der Waals surface area contributed by atoms with Crippen LogP contribution in [0, 0.1) is 0 Å². The van der Waals surface area contributed by atoms with Gasteiger partial charge in [0.05, 0.1) is 11.6 Å². The van der Waals surface area contributed by atoms with Crippen LogP contribution in [-0.2, 0) is 0 Å². The fourth-order valence-corrected chi connectivity index (χ4v) is 3.71. The molecule has 0 N–H and O–H groups in total. The second-order valence-corrected chi connectivity index (χ2v) is 6.77. The lowest BCUT2D eigenvalue weighted by Gasteiger charge is -2.48. The number of rotatable bonds is 3. The van der Waals surface area contributed by atoms with Gasteiger partial charge in [0.2, 0.25) is 0 Å². The molecule has 0 saturated heterocycles. The minimum Gasteiger partial charge on any atom is -0.359 e. The Morgan fingerprint density at radius 1 is 1.19 bits per heavy atom. The van der Waals surface area contributed by atoms with Crippen LogP contribution in [0.1, 0.15) is 52.4 Å². The summed E-state index contributed by atoms with van der Waals surface area (Å²) in [7, 11) is 0. The summed E-state index contributed by atoms with van der Waals surface area (Å²) < 4.78 is 0. The first kappa shape index (κ1) is 14.4. The Morgan fingerprint density at radius 2 is 2.10 bits per heavy atom. The van der Waals surface area contributed by atoms with Gasteiger partial charge >= 0.3 is 0 Å². The van der Waals surface area contributed by atoms with Gasteiger partial charge in [-0.15, -0.1) is 0 Å². The maximum absolute atomic E-state index is 2.70. The summed E-state index contributed by atoms with van der Waals surface area (Å²) in [6, 6.07) is 0.501. The zero-order chi connectivity index (χ0) is 14.7. The van der Waals surface area contributed by atoms with Gasteiger partial charge in [-0.25, -0.2) is 0 Å². The van der Waals surface area contributed by atoms with Crippen LogP contribution in [0.4, 0.5) is 0 Å². The second-order valence-electron chi connectivity index (χ2n) is 6.77. The first-order valence-electron chi connectivity index (χ1n) is 8.37. The van der Waals surface area contributed by atoms with Crippen molar-refractivity contribution in [3.63, 3.8) is 0 Å². The Balaban J connectivity index is 1.92. The van der Waals surface area contributed by atoms with Gasteiger partial charge in [-0.3, -0.25) is 0 Å². The van der Waals surface area contributed by atoms with E-state index in [2.05, 4.69) is 67.4 Å². The van der Waals surface area contributed by atoms with E-state index >= 15 is 0 Å². The first-order chi connectivity index (χ1) is 10.2. The molecule has 21 heavy (non-hydrogen) atoms. The van der Waals surface area contributed by atoms with E-state index in [9.17, 15) is 0 Å². The molecule has 0 heterocycles. The fraction of sp³-hybridized carbons (Fsp3) is 0.500. The van der Waals surface area contributed by atoms with Gasteiger partial charge in [0.15, 0.2) is 0 Å². The standard InChI is InChI=1S/C20H27N/c1-17-13-15-20(2,16-14-17)21(18-9-5-3-6-10-18)19-11-7-4-8-12-19/h3,5-6,9,11,13-15,18H,4,7-8,10,12,16H2,1-2H3. The number of nitrogens with zero attached hydrogens (tertiary/aromatic N) is 1. The number of hydrogen-bond acceptors (Lipinski definition) is 1. The van der Waals surface area contributed by atoms with Crippen LogP contribution in [0.2, 0.25) is 0 Å². The molecule has 2 unspecified atom stereocenters. The molecule has 3 aliphatic carbocycles. The predicted octanol–water partition coefficient (Wildman–Crippen LogP) is 5.30. The van der Waals surface area contributed by atoms with E-state index in [0.29, 0.717) is 6.04 Å². The monoisotopic (exact) mass is 281 g/mol. The van der Waals surface area contributed by atoms with Crippen LogP contribution in [-0.4, -0.2) is 16.5 Å². The van der Waals surface area contributed by atoms with Crippen molar-refractivity contribution in [2.75, 3.05) is 0 Å². The summed E-state index contributed by atoms with van der Waals surface area (Å²) in [6.07, 6.45) is 26.1. The molecule has 0 aromatic heterocycles. The van der Waals surface area contributed by atoms with Crippen LogP contribution < -0.4 is 0 Å². The summed E-state index contributed by atoms with van der Waals surface area (Å²) in [4.78, 5) is 2.70. The molecule has 0 fully saturated rings. The fourth-order valence-electron chi connectivity index (χ4n) is 3.71. The molecule has 0 aromatic rings. The molecule has 0 saturated carbocycles. The Morgan fingerprint density at radius 3 is 2.71 bits per heavy atom. The molecule has 3 rings (SSSR count). The SMILES string of the molecule is CC1=CCC(C)(N(C2=CCCCC2)C2C=CC=CC2)C=C1. The van der Waals surface area contributed by atoms with E-state index in [-0.39, 0.29) is 5.54 Å². The molecule has 0 aromatic carbocycles. The van der Waals surface area contributed by atoms with Crippen LogP contribution in [0.25, 0.3) is 0 Å². The lowest BCUT2D eigenvalue weighted by molar-refractivity contribution is 0.151. The minimum absolute atomic E-state index is 0.114. The zero-order valence-corrected chi connectivity index (χ0v) is 13.4. The number of allylic oxidation sites excluding steroid dienone is 6. The smallest absolute Gasteiger partial charge is 0.0597 e. The highest BCUT2D eigenvalue weighted by Crippen LogP contribution is 2.37. The Bertz CT molecular complexity index is 532. The topological polar surface area (TPSA) is 3.24 Å². The maximum Gasteiger partial charge on any atom is 0.0597 e. The minimum atomic E-state index is 0.114. The molecule has 0 aliphatic heterocycles. The van der Waals surface area contributed by atoms with E-state index in [1.807, 2.05) is 0 Å². The normalized spacial score (nSPS) is 31.8. The van der Waals surface area contributed by atoms with Crippen molar-refractivity contribution >= 4 is 0 Å². The third-order valence-electron chi connectivity index (χ3n) is 4.96. The third-order valence-corrected chi connectivity index (χ3v) is 4.96. The molecular formula is C20H27N. The van der Waals surface area contributed by atoms with Crippen molar-refractivity contribution in [2.24, 2.45) is 0 Å². The van der Waals surface area contributed by atoms with Gasteiger partial charge in [-0.1, -0.05) is 54.2 Å². The van der Waals surface area contributed by atoms with Gasteiger partial charge < -0.3 is 4.90 Å². The van der Waals surface area contributed by atoms with Crippen LogP contribution in [0.5, 0.6) is 0 Å². The summed E-state index contributed by atoms with van der Waals surface area (Å²) in [6.45, 7) is 4.59. The number of hydrogen-bond donors (Lipinski definition) is 0. The third kappa shape index (κ3) is 3.07. The molecule has 0 spiro atoms. The highest BCUT2D eigenvalue weighted by Gasteiger charge is 2.35. The lowest BCUT2D eigenvalue weighted by atomic mass is 9.85. The van der Waals surface area contributed by atoms with Gasteiger partial charge in [-0.05, 0) is 52.4 Å². The van der Waals surface area contributed by atoms with E-state index in [4.69, 9.17) is 0 Å². The highest BCUT2D eigenvalue weighted by molar-refractivity contribution is 5.31. The molecule has 112 valence electrons. The van der Waals surface area contributed by atoms with Crippen LogP contribution in [0.15, 0.2) is 59.9 Å². The van der Waals surface area contributed by atoms with E-state index in [1.165, 1.54) is 31.3 Å². The Kier molecular flexibility index (Phi) is 4.19. The highest BCUT2D eigenvalue weighted by atomic mass is 15.2. The molecule has 0 amide bonds. The Hall–Kier alpha value is -1.50. The van der Waals surface area contributed by atoms with E-state index in [1.54, 1.807) is 5.70 Å². The average Bonchev–Trinajstić information content (AvgIpc) is 2.53. The first-order valence-corrected chi connectivity index (χ1v) is 8.37. The van der Waals surface area contributed by atoms with Crippen molar-refractivity contribution in [2.45, 2.75) is 64.0 Å². The van der Waals surface area contributed by atoms with Gasteiger partial charge in [0.25, 0.3) is 0 Å². The Labute approximate surface area is 129 Å².